The largest absolute Gasteiger partial charge is 0.446 e. The predicted molar refractivity (Wildman–Crippen MR) is 98.2 cm³/mol. The summed E-state index contributed by atoms with van der Waals surface area (Å²) in [7, 11) is 0. The van der Waals surface area contributed by atoms with Crippen LogP contribution < -0.4 is 16.4 Å². The van der Waals surface area contributed by atoms with Crippen LogP contribution in [-0.4, -0.2) is 47.5 Å². The van der Waals surface area contributed by atoms with Crippen molar-refractivity contribution in [3.05, 3.63) is 24.0 Å². The number of nitriles is 1. The molecule has 4 rings (SSSR count). The molecule has 9 nitrogen and oxygen atoms in total. The number of fused-ring (bicyclic) bond motifs is 1. The van der Waals surface area contributed by atoms with Crippen molar-refractivity contribution in [3.8, 4) is 6.07 Å². The fourth-order valence-electron chi connectivity index (χ4n) is 3.39. The molecule has 9 heteroatoms. The van der Waals surface area contributed by atoms with Gasteiger partial charge in [0.25, 0.3) is 0 Å². The van der Waals surface area contributed by atoms with Crippen molar-refractivity contribution in [1.29, 1.82) is 5.26 Å². The fourth-order valence-corrected chi connectivity index (χ4v) is 3.39. The molecule has 1 saturated carbocycles. The van der Waals surface area contributed by atoms with Gasteiger partial charge < -0.3 is 25.8 Å². The van der Waals surface area contributed by atoms with Gasteiger partial charge in [-0.3, -0.25) is 0 Å². The maximum atomic E-state index is 10.8. The number of nitrogens with two attached hydrogens (primary N) is 1. The van der Waals surface area contributed by atoms with Gasteiger partial charge in [-0.2, -0.15) is 5.26 Å². The van der Waals surface area contributed by atoms with Gasteiger partial charge in [0.1, 0.15) is 29.5 Å². The average molecular weight is 368 g/mol. The minimum absolute atomic E-state index is 0.139. The Kier molecular flexibility index (Phi) is 4.64. The Hall–Kier alpha value is -3.12. The number of anilines is 2. The van der Waals surface area contributed by atoms with Crippen LogP contribution in [0.25, 0.3) is 10.8 Å². The molecule has 1 amide bonds. The lowest BCUT2D eigenvalue weighted by Gasteiger charge is -2.34. The standard InChI is InChI=1S/C18H20N6O3/c19-7-13-3-10-8-21-16(22-12-4-14(5-12)27-18(20)25)6-15(10)17(24-13)23-11-1-2-26-9-11/h3,6,8,11-12,14H,1-2,4-5,9H2,(H2,20,25)(H,21,22)(H,23,24)/t11-,12-,14-/m1/s1. The molecule has 0 radical (unpaired) electrons. The van der Waals surface area contributed by atoms with Crippen LogP contribution >= 0.6 is 0 Å². The summed E-state index contributed by atoms with van der Waals surface area (Å²) in [5.41, 5.74) is 5.38. The van der Waals surface area contributed by atoms with Crippen molar-refractivity contribution >= 4 is 28.5 Å². The molecule has 27 heavy (non-hydrogen) atoms. The SMILES string of the molecule is N#Cc1cc2cnc(N[C@H]3C[C@H](OC(N)=O)C3)cc2c(N[C@@H]2CCOC2)n1. The molecule has 0 aromatic carbocycles. The zero-order chi connectivity index (χ0) is 18.8. The normalized spacial score (nSPS) is 24.0. The highest BCUT2D eigenvalue weighted by Crippen LogP contribution is 2.29. The molecule has 4 N–H and O–H groups in total. The maximum Gasteiger partial charge on any atom is 0.404 e. The van der Waals surface area contributed by atoms with E-state index < -0.39 is 6.09 Å². The van der Waals surface area contributed by atoms with Crippen molar-refractivity contribution in [1.82, 2.24) is 9.97 Å². The lowest BCUT2D eigenvalue weighted by atomic mass is 9.89. The Bertz CT molecular complexity index is 900. The molecule has 2 fully saturated rings. The molecular weight excluding hydrogens is 348 g/mol. The molecule has 0 unspecified atom stereocenters. The van der Waals surface area contributed by atoms with Crippen molar-refractivity contribution in [2.75, 3.05) is 23.8 Å². The number of nitrogens with one attached hydrogen (secondary N) is 2. The molecule has 2 aromatic heterocycles. The van der Waals surface area contributed by atoms with Crippen LogP contribution in [0.1, 0.15) is 25.0 Å². The molecule has 1 aliphatic carbocycles. The Morgan fingerprint density at radius 2 is 2.19 bits per heavy atom. The number of pyridine rings is 2. The van der Waals surface area contributed by atoms with Crippen LogP contribution in [0.5, 0.6) is 0 Å². The zero-order valence-corrected chi connectivity index (χ0v) is 14.6. The first-order chi connectivity index (χ1) is 13.1. The van der Waals surface area contributed by atoms with Crippen molar-refractivity contribution in [2.24, 2.45) is 5.73 Å². The maximum absolute atomic E-state index is 10.8. The summed E-state index contributed by atoms with van der Waals surface area (Å²) in [6, 6.07) is 6.09. The first-order valence-electron chi connectivity index (χ1n) is 8.88. The quantitative estimate of drug-likeness (QED) is 0.726. The van der Waals surface area contributed by atoms with Crippen LogP contribution in [0, 0.1) is 11.3 Å². The molecule has 3 heterocycles. The highest BCUT2D eigenvalue weighted by Gasteiger charge is 2.32. The van der Waals surface area contributed by atoms with E-state index in [1.165, 1.54) is 0 Å². The van der Waals surface area contributed by atoms with Crippen LogP contribution in [0.3, 0.4) is 0 Å². The summed E-state index contributed by atoms with van der Waals surface area (Å²) in [5, 5.41) is 17.7. The number of primary amides is 1. The van der Waals surface area contributed by atoms with E-state index in [9.17, 15) is 10.1 Å². The summed E-state index contributed by atoms with van der Waals surface area (Å²) in [4.78, 5) is 19.6. The Balaban J connectivity index is 1.53. The molecule has 0 spiro atoms. The van der Waals surface area contributed by atoms with Crippen LogP contribution in [0.2, 0.25) is 0 Å². The van der Waals surface area contributed by atoms with E-state index in [2.05, 4.69) is 26.7 Å². The van der Waals surface area contributed by atoms with E-state index in [0.717, 1.165) is 23.8 Å². The monoisotopic (exact) mass is 368 g/mol. The van der Waals surface area contributed by atoms with Gasteiger partial charge >= 0.3 is 6.09 Å². The molecule has 1 aliphatic heterocycles. The lowest BCUT2D eigenvalue weighted by molar-refractivity contribution is 0.0517. The zero-order valence-electron chi connectivity index (χ0n) is 14.6. The third kappa shape index (κ3) is 3.85. The summed E-state index contributed by atoms with van der Waals surface area (Å²) in [6.45, 7) is 1.34. The van der Waals surface area contributed by atoms with Gasteiger partial charge in [-0.1, -0.05) is 0 Å². The highest BCUT2D eigenvalue weighted by molar-refractivity contribution is 5.93. The summed E-state index contributed by atoms with van der Waals surface area (Å²) >= 11 is 0. The fraction of sp³-hybridized carbons (Fsp3) is 0.444. The van der Waals surface area contributed by atoms with E-state index >= 15 is 0 Å². The molecular formula is C18H20N6O3. The van der Waals surface area contributed by atoms with Crippen molar-refractivity contribution in [2.45, 2.75) is 37.5 Å². The minimum atomic E-state index is -0.742. The van der Waals surface area contributed by atoms with Gasteiger partial charge in [0.2, 0.25) is 0 Å². The molecule has 0 bridgehead atoms. The van der Waals surface area contributed by atoms with Gasteiger partial charge in [0.15, 0.2) is 0 Å². The van der Waals surface area contributed by atoms with Crippen LogP contribution in [-0.2, 0) is 9.47 Å². The van der Waals surface area contributed by atoms with E-state index in [1.54, 1.807) is 12.3 Å². The van der Waals surface area contributed by atoms with E-state index in [0.29, 0.717) is 36.8 Å². The smallest absolute Gasteiger partial charge is 0.404 e. The third-order valence-corrected chi connectivity index (χ3v) is 4.83. The summed E-state index contributed by atoms with van der Waals surface area (Å²) < 4.78 is 10.4. The topological polar surface area (TPSA) is 135 Å². The van der Waals surface area contributed by atoms with Gasteiger partial charge in [0, 0.05) is 42.5 Å². The number of aromatic nitrogens is 2. The predicted octanol–water partition coefficient (Wildman–Crippen LogP) is 1.74. The van der Waals surface area contributed by atoms with E-state index in [1.807, 2.05) is 6.07 Å². The highest BCUT2D eigenvalue weighted by atomic mass is 16.6. The van der Waals surface area contributed by atoms with Gasteiger partial charge in [-0.15, -0.1) is 0 Å². The first kappa shape index (κ1) is 17.3. The number of nitrogens with zero attached hydrogens (tertiary/aromatic N) is 3. The van der Waals surface area contributed by atoms with Crippen LogP contribution in [0.4, 0.5) is 16.4 Å². The van der Waals surface area contributed by atoms with Gasteiger partial charge in [-0.05, 0) is 18.6 Å². The van der Waals surface area contributed by atoms with E-state index in [-0.39, 0.29) is 18.2 Å². The van der Waals surface area contributed by atoms with E-state index in [4.69, 9.17) is 15.2 Å². The minimum Gasteiger partial charge on any atom is -0.446 e. The number of amides is 1. The number of ether oxygens (including phenoxy) is 2. The second kappa shape index (κ2) is 7.25. The number of hydrogen-bond acceptors (Lipinski definition) is 8. The number of hydrogen-bond donors (Lipinski definition) is 3. The molecule has 2 aliphatic rings. The Labute approximate surface area is 155 Å². The lowest BCUT2D eigenvalue weighted by Crippen LogP contribution is -2.42. The van der Waals surface area contributed by atoms with Gasteiger partial charge in [0.05, 0.1) is 12.6 Å². The third-order valence-electron chi connectivity index (χ3n) is 4.83. The second-order valence-corrected chi connectivity index (χ2v) is 6.83. The second-order valence-electron chi connectivity index (χ2n) is 6.83. The Morgan fingerprint density at radius 1 is 1.33 bits per heavy atom. The van der Waals surface area contributed by atoms with Crippen molar-refractivity contribution in [3.63, 3.8) is 0 Å². The summed E-state index contributed by atoms with van der Waals surface area (Å²) in [5.74, 6) is 1.37. The number of carbonyl (C=O) groups is 1. The van der Waals surface area contributed by atoms with Crippen molar-refractivity contribution < 1.29 is 14.3 Å². The Morgan fingerprint density at radius 3 is 2.89 bits per heavy atom. The van der Waals surface area contributed by atoms with Crippen LogP contribution in [0.15, 0.2) is 18.3 Å². The average Bonchev–Trinajstić information content (AvgIpc) is 3.12. The molecule has 2 aromatic rings. The molecule has 1 atom stereocenters. The summed E-state index contributed by atoms with van der Waals surface area (Å²) in [6.07, 6.45) is 3.14. The van der Waals surface area contributed by atoms with Gasteiger partial charge in [-0.25, -0.2) is 14.8 Å². The molecule has 140 valence electrons. The number of carbonyl (C=O) groups excluding carboxylic acids is 1. The molecule has 1 saturated heterocycles. The first-order valence-corrected chi connectivity index (χ1v) is 8.88. The number of rotatable bonds is 5.